The van der Waals surface area contributed by atoms with Gasteiger partial charge in [0.05, 0.1) is 0 Å². The van der Waals surface area contributed by atoms with Crippen molar-refractivity contribution in [1.29, 1.82) is 0 Å². The van der Waals surface area contributed by atoms with Gasteiger partial charge in [0.15, 0.2) is 6.61 Å². The van der Waals surface area contributed by atoms with Crippen molar-refractivity contribution >= 4 is 5.97 Å². The molecule has 0 spiro atoms. The molecule has 1 aliphatic rings. The van der Waals surface area contributed by atoms with Crippen molar-refractivity contribution in [3.8, 4) is 11.5 Å². The number of rotatable bonds is 6. The number of aromatic hydroxyl groups is 1. The van der Waals surface area contributed by atoms with E-state index in [1.807, 2.05) is 26.8 Å². The van der Waals surface area contributed by atoms with Crippen LogP contribution in [0.4, 0.5) is 4.39 Å². The Bertz CT molecular complexity index is 887. The first-order valence-electron chi connectivity index (χ1n) is 9.28. The Morgan fingerprint density at radius 1 is 1.26 bits per heavy atom. The summed E-state index contributed by atoms with van der Waals surface area (Å²) in [7, 11) is 0. The standard InChI is InChI=1S/C22H25FO4/c1-12(2)21-18(24)8-7-14(22(21)23)10-17-13(3)9-19(27-11-20(25)26)16-6-4-5-15(16)17/h7-9,12,24H,4-6,10-11H2,1-3H3,(H,25,26). The lowest BCUT2D eigenvalue weighted by Crippen LogP contribution is -2.11. The van der Waals surface area contributed by atoms with Crippen LogP contribution in [0.15, 0.2) is 18.2 Å². The van der Waals surface area contributed by atoms with Gasteiger partial charge in [-0.05, 0) is 72.1 Å². The highest BCUT2D eigenvalue weighted by Crippen LogP contribution is 2.38. The molecule has 144 valence electrons. The van der Waals surface area contributed by atoms with E-state index in [0.717, 1.165) is 41.5 Å². The van der Waals surface area contributed by atoms with Crippen molar-refractivity contribution in [1.82, 2.24) is 0 Å². The molecule has 0 atom stereocenters. The average Bonchev–Trinajstić information content (AvgIpc) is 3.07. The number of hydrogen-bond donors (Lipinski definition) is 2. The molecule has 0 aliphatic heterocycles. The maximum absolute atomic E-state index is 15.0. The summed E-state index contributed by atoms with van der Waals surface area (Å²) >= 11 is 0. The molecule has 27 heavy (non-hydrogen) atoms. The highest BCUT2D eigenvalue weighted by Gasteiger charge is 2.24. The van der Waals surface area contributed by atoms with Crippen LogP contribution in [0.1, 0.15) is 59.6 Å². The highest BCUT2D eigenvalue weighted by atomic mass is 19.1. The van der Waals surface area contributed by atoms with Gasteiger partial charge in [-0.2, -0.15) is 0 Å². The third kappa shape index (κ3) is 3.77. The van der Waals surface area contributed by atoms with E-state index >= 15 is 0 Å². The molecule has 4 nitrogen and oxygen atoms in total. The number of halogens is 1. The van der Waals surface area contributed by atoms with Crippen molar-refractivity contribution in [2.75, 3.05) is 6.61 Å². The van der Waals surface area contributed by atoms with E-state index in [1.54, 1.807) is 12.1 Å². The second kappa shape index (κ2) is 7.59. The van der Waals surface area contributed by atoms with Crippen LogP contribution < -0.4 is 4.74 Å². The minimum Gasteiger partial charge on any atom is -0.508 e. The van der Waals surface area contributed by atoms with Crippen LogP contribution in [0.2, 0.25) is 0 Å². The van der Waals surface area contributed by atoms with E-state index < -0.39 is 5.97 Å². The van der Waals surface area contributed by atoms with Crippen molar-refractivity contribution in [3.63, 3.8) is 0 Å². The first-order chi connectivity index (χ1) is 12.8. The Hall–Kier alpha value is -2.56. The lowest BCUT2D eigenvalue weighted by Gasteiger charge is -2.18. The van der Waals surface area contributed by atoms with Gasteiger partial charge in [0.1, 0.15) is 17.3 Å². The van der Waals surface area contributed by atoms with Gasteiger partial charge in [-0.1, -0.05) is 19.9 Å². The lowest BCUT2D eigenvalue weighted by atomic mass is 9.90. The Kier molecular flexibility index (Phi) is 5.40. The van der Waals surface area contributed by atoms with Gasteiger partial charge in [0.25, 0.3) is 0 Å². The number of ether oxygens (including phenoxy) is 1. The summed E-state index contributed by atoms with van der Waals surface area (Å²) in [5, 5.41) is 18.9. The van der Waals surface area contributed by atoms with E-state index in [9.17, 15) is 14.3 Å². The summed E-state index contributed by atoms with van der Waals surface area (Å²) in [6.45, 7) is 5.30. The number of carboxylic acid groups (broad SMARTS) is 1. The number of phenols is 1. The summed E-state index contributed by atoms with van der Waals surface area (Å²) in [5.41, 5.74) is 5.14. The number of phenolic OH excluding ortho intramolecular Hbond substituents is 1. The van der Waals surface area contributed by atoms with Crippen LogP contribution >= 0.6 is 0 Å². The number of aryl methyl sites for hydroxylation is 1. The number of hydrogen-bond acceptors (Lipinski definition) is 3. The molecule has 0 aromatic heterocycles. The first kappa shape index (κ1) is 19.2. The minimum absolute atomic E-state index is 0.00869. The van der Waals surface area contributed by atoms with Gasteiger partial charge in [-0.3, -0.25) is 0 Å². The zero-order chi connectivity index (χ0) is 19.7. The third-order valence-corrected chi connectivity index (χ3v) is 5.24. The summed E-state index contributed by atoms with van der Waals surface area (Å²) in [5.74, 6) is -0.840. The van der Waals surface area contributed by atoms with E-state index in [0.29, 0.717) is 23.3 Å². The molecule has 2 aromatic rings. The number of carboxylic acids is 1. The van der Waals surface area contributed by atoms with Gasteiger partial charge in [-0.25, -0.2) is 9.18 Å². The Morgan fingerprint density at radius 3 is 2.63 bits per heavy atom. The van der Waals surface area contributed by atoms with Gasteiger partial charge in [0, 0.05) is 12.0 Å². The maximum Gasteiger partial charge on any atom is 0.341 e. The molecule has 0 unspecified atom stereocenters. The van der Waals surface area contributed by atoms with Crippen LogP contribution in [-0.4, -0.2) is 22.8 Å². The fourth-order valence-electron chi connectivity index (χ4n) is 3.98. The topological polar surface area (TPSA) is 66.8 Å². The molecule has 0 saturated heterocycles. The predicted molar refractivity (Wildman–Crippen MR) is 101 cm³/mol. The smallest absolute Gasteiger partial charge is 0.341 e. The first-order valence-corrected chi connectivity index (χ1v) is 9.28. The normalized spacial score (nSPS) is 13.1. The lowest BCUT2D eigenvalue weighted by molar-refractivity contribution is -0.139. The zero-order valence-corrected chi connectivity index (χ0v) is 15.9. The van der Waals surface area contributed by atoms with Crippen LogP contribution in [0, 0.1) is 12.7 Å². The molecule has 3 rings (SSSR count). The van der Waals surface area contributed by atoms with E-state index in [4.69, 9.17) is 9.84 Å². The third-order valence-electron chi connectivity index (χ3n) is 5.24. The largest absolute Gasteiger partial charge is 0.508 e. The molecular weight excluding hydrogens is 347 g/mol. The molecule has 0 radical (unpaired) electrons. The molecule has 5 heteroatoms. The van der Waals surface area contributed by atoms with Crippen molar-refractivity contribution in [2.24, 2.45) is 0 Å². The van der Waals surface area contributed by atoms with Gasteiger partial charge in [-0.15, -0.1) is 0 Å². The Morgan fingerprint density at radius 2 is 1.96 bits per heavy atom. The highest BCUT2D eigenvalue weighted by molar-refractivity contribution is 5.68. The Labute approximate surface area is 158 Å². The average molecular weight is 372 g/mol. The Balaban J connectivity index is 2.01. The van der Waals surface area contributed by atoms with Crippen molar-refractivity contribution < 1.29 is 24.1 Å². The number of carbonyl (C=O) groups is 1. The molecule has 0 saturated carbocycles. The maximum atomic E-state index is 15.0. The second-order valence-electron chi connectivity index (χ2n) is 7.47. The molecule has 0 heterocycles. The molecule has 2 N–H and O–H groups in total. The molecule has 2 aromatic carbocycles. The number of benzene rings is 2. The predicted octanol–water partition coefficient (Wildman–Crippen LogP) is 4.51. The summed E-state index contributed by atoms with van der Waals surface area (Å²) in [4.78, 5) is 10.8. The quantitative estimate of drug-likeness (QED) is 0.783. The fourth-order valence-corrected chi connectivity index (χ4v) is 3.98. The summed E-state index contributed by atoms with van der Waals surface area (Å²) < 4.78 is 20.5. The minimum atomic E-state index is -1.00. The monoisotopic (exact) mass is 372 g/mol. The summed E-state index contributed by atoms with van der Waals surface area (Å²) in [6.07, 6.45) is 3.14. The molecular formula is C22H25FO4. The molecule has 0 bridgehead atoms. The van der Waals surface area contributed by atoms with E-state index in [1.165, 1.54) is 0 Å². The van der Waals surface area contributed by atoms with E-state index in [-0.39, 0.29) is 24.1 Å². The van der Waals surface area contributed by atoms with Crippen LogP contribution in [0.5, 0.6) is 11.5 Å². The van der Waals surface area contributed by atoms with Crippen LogP contribution in [-0.2, 0) is 24.1 Å². The molecule has 0 amide bonds. The molecule has 0 fully saturated rings. The van der Waals surface area contributed by atoms with Crippen LogP contribution in [0.3, 0.4) is 0 Å². The zero-order valence-electron chi connectivity index (χ0n) is 15.9. The van der Waals surface area contributed by atoms with Gasteiger partial charge in [0.2, 0.25) is 0 Å². The van der Waals surface area contributed by atoms with Crippen LogP contribution in [0.25, 0.3) is 0 Å². The SMILES string of the molecule is Cc1cc(OCC(=O)O)c2c(c1Cc1ccc(O)c(C(C)C)c1F)CCC2. The second-order valence-corrected chi connectivity index (χ2v) is 7.47. The number of fused-ring (bicyclic) bond motifs is 1. The van der Waals surface area contributed by atoms with Gasteiger partial charge >= 0.3 is 5.97 Å². The van der Waals surface area contributed by atoms with Crippen molar-refractivity contribution in [3.05, 3.63) is 57.4 Å². The van der Waals surface area contributed by atoms with Gasteiger partial charge < -0.3 is 14.9 Å². The fraction of sp³-hybridized carbons (Fsp3) is 0.409. The van der Waals surface area contributed by atoms with Crippen molar-refractivity contribution in [2.45, 2.75) is 52.4 Å². The van der Waals surface area contributed by atoms with E-state index in [2.05, 4.69) is 0 Å². The molecule has 1 aliphatic carbocycles. The summed E-state index contributed by atoms with van der Waals surface area (Å²) in [6, 6.07) is 5.07. The number of aliphatic carboxylic acids is 1.